The first-order valence-electron chi connectivity index (χ1n) is 3.85. The normalized spacial score (nSPS) is 9.83. The van der Waals surface area contributed by atoms with Crippen molar-refractivity contribution in [2.45, 2.75) is 6.42 Å². The molecule has 1 amide bonds. The number of nitrogens with one attached hydrogen (secondary N) is 2. The third kappa shape index (κ3) is 7.46. The molecule has 0 aliphatic carbocycles. The summed E-state index contributed by atoms with van der Waals surface area (Å²) in [6.07, 6.45) is 0.420. The molecule has 0 aromatic rings. The Labute approximate surface area is 72.4 Å². The van der Waals surface area contributed by atoms with Gasteiger partial charge in [0, 0.05) is 27.1 Å². The zero-order valence-corrected chi connectivity index (χ0v) is 7.55. The molecule has 0 saturated carbocycles. The summed E-state index contributed by atoms with van der Waals surface area (Å²) in [5, 5.41) is 2.51. The van der Waals surface area contributed by atoms with Crippen molar-refractivity contribution >= 4 is 5.91 Å². The highest BCUT2D eigenvalue weighted by atomic mass is 16.7. The number of hydrogen-bond donors (Lipinski definition) is 2. The summed E-state index contributed by atoms with van der Waals surface area (Å²) in [5.41, 5.74) is 2.64. The van der Waals surface area contributed by atoms with Gasteiger partial charge < -0.3 is 10.1 Å². The van der Waals surface area contributed by atoms with E-state index in [1.165, 1.54) is 0 Å². The molecule has 0 spiro atoms. The number of rotatable bonds is 7. The summed E-state index contributed by atoms with van der Waals surface area (Å²) in [5.74, 6) is -0.00200. The molecule has 0 unspecified atom stereocenters. The molecule has 0 rings (SSSR count). The molecule has 2 N–H and O–H groups in total. The van der Waals surface area contributed by atoms with Crippen LogP contribution in [0.15, 0.2) is 0 Å². The third-order valence-electron chi connectivity index (χ3n) is 1.22. The zero-order valence-electron chi connectivity index (χ0n) is 7.55. The first-order valence-corrected chi connectivity index (χ1v) is 3.85. The van der Waals surface area contributed by atoms with E-state index in [-0.39, 0.29) is 5.91 Å². The first kappa shape index (κ1) is 11.4. The molecule has 72 valence electrons. The molecule has 0 aliphatic heterocycles. The van der Waals surface area contributed by atoms with Crippen molar-refractivity contribution in [2.75, 3.05) is 33.9 Å². The van der Waals surface area contributed by atoms with Gasteiger partial charge in [0.2, 0.25) is 5.91 Å². The first-order chi connectivity index (χ1) is 5.81. The molecule has 0 saturated heterocycles. The second-order valence-corrected chi connectivity index (χ2v) is 2.16. The standard InChI is InChI=1S/C7H16N2O3/c1-8-7(10)3-4-9-12-6-5-11-2/h9H,3-6H2,1-2H3,(H,8,10). The van der Waals surface area contributed by atoms with Crippen molar-refractivity contribution in [1.29, 1.82) is 0 Å². The smallest absolute Gasteiger partial charge is 0.221 e. The minimum atomic E-state index is -0.00200. The van der Waals surface area contributed by atoms with Gasteiger partial charge in [0.1, 0.15) is 0 Å². The SMILES string of the molecule is CNC(=O)CCNOCCOC. The number of hydrogen-bond acceptors (Lipinski definition) is 4. The highest BCUT2D eigenvalue weighted by Gasteiger charge is 1.95. The number of amides is 1. The largest absolute Gasteiger partial charge is 0.382 e. The van der Waals surface area contributed by atoms with Crippen molar-refractivity contribution in [1.82, 2.24) is 10.8 Å². The molecule has 0 atom stereocenters. The molecule has 0 aliphatic rings. The predicted octanol–water partition coefficient (Wildman–Crippen LogP) is -0.710. The lowest BCUT2D eigenvalue weighted by Gasteiger charge is -2.03. The van der Waals surface area contributed by atoms with Gasteiger partial charge in [-0.3, -0.25) is 9.63 Å². The van der Waals surface area contributed by atoms with Crippen LogP contribution in [0.1, 0.15) is 6.42 Å². The van der Waals surface area contributed by atoms with Crippen LogP contribution in [0.3, 0.4) is 0 Å². The molecule has 0 bridgehead atoms. The molecular weight excluding hydrogens is 160 g/mol. The quantitative estimate of drug-likeness (QED) is 0.397. The number of carbonyl (C=O) groups excluding carboxylic acids is 1. The Morgan fingerprint density at radius 2 is 2.17 bits per heavy atom. The predicted molar refractivity (Wildman–Crippen MR) is 44.5 cm³/mol. The van der Waals surface area contributed by atoms with Gasteiger partial charge in [-0.25, -0.2) is 5.48 Å². The minimum absolute atomic E-state index is 0.00200. The summed E-state index contributed by atoms with van der Waals surface area (Å²) in [7, 11) is 3.21. The van der Waals surface area contributed by atoms with Crippen LogP contribution in [0.2, 0.25) is 0 Å². The van der Waals surface area contributed by atoms with E-state index in [0.717, 1.165) is 0 Å². The average Bonchev–Trinajstić information content (AvgIpc) is 2.10. The van der Waals surface area contributed by atoms with Crippen molar-refractivity contribution < 1.29 is 14.4 Å². The monoisotopic (exact) mass is 176 g/mol. The van der Waals surface area contributed by atoms with E-state index >= 15 is 0 Å². The average molecular weight is 176 g/mol. The minimum Gasteiger partial charge on any atom is -0.382 e. The van der Waals surface area contributed by atoms with Crippen LogP contribution in [0.4, 0.5) is 0 Å². The number of ether oxygens (including phenoxy) is 1. The van der Waals surface area contributed by atoms with Crippen LogP contribution in [0.25, 0.3) is 0 Å². The Bertz CT molecular complexity index is 119. The lowest BCUT2D eigenvalue weighted by atomic mass is 10.4. The topological polar surface area (TPSA) is 59.6 Å². The van der Waals surface area contributed by atoms with Gasteiger partial charge in [0.25, 0.3) is 0 Å². The van der Waals surface area contributed by atoms with Gasteiger partial charge in [-0.05, 0) is 0 Å². The van der Waals surface area contributed by atoms with Crippen molar-refractivity contribution in [3.8, 4) is 0 Å². The van der Waals surface area contributed by atoms with Gasteiger partial charge in [-0.1, -0.05) is 0 Å². The van der Waals surface area contributed by atoms with E-state index in [0.29, 0.717) is 26.2 Å². The molecule has 5 nitrogen and oxygen atoms in total. The van der Waals surface area contributed by atoms with E-state index in [9.17, 15) is 4.79 Å². The fourth-order valence-corrected chi connectivity index (χ4v) is 0.559. The Kier molecular flexibility index (Phi) is 7.99. The van der Waals surface area contributed by atoms with Gasteiger partial charge in [-0.15, -0.1) is 0 Å². The van der Waals surface area contributed by atoms with Crippen LogP contribution in [-0.2, 0) is 14.4 Å². The maximum Gasteiger partial charge on any atom is 0.221 e. The van der Waals surface area contributed by atoms with E-state index in [2.05, 4.69) is 10.8 Å². The molecular formula is C7H16N2O3. The Hall–Kier alpha value is -0.650. The van der Waals surface area contributed by atoms with Gasteiger partial charge >= 0.3 is 0 Å². The molecule has 5 heteroatoms. The van der Waals surface area contributed by atoms with E-state index < -0.39 is 0 Å². The van der Waals surface area contributed by atoms with Gasteiger partial charge in [0.05, 0.1) is 13.2 Å². The summed E-state index contributed by atoms with van der Waals surface area (Å²) < 4.78 is 4.75. The highest BCUT2D eigenvalue weighted by molar-refractivity contribution is 5.75. The fraction of sp³-hybridized carbons (Fsp3) is 0.857. The maximum absolute atomic E-state index is 10.7. The van der Waals surface area contributed by atoms with E-state index in [1.807, 2.05) is 0 Å². The van der Waals surface area contributed by atoms with Crippen molar-refractivity contribution in [2.24, 2.45) is 0 Å². The molecule has 12 heavy (non-hydrogen) atoms. The van der Waals surface area contributed by atoms with Crippen molar-refractivity contribution in [3.05, 3.63) is 0 Å². The lowest BCUT2D eigenvalue weighted by Crippen LogP contribution is -2.25. The zero-order chi connectivity index (χ0) is 9.23. The van der Waals surface area contributed by atoms with Crippen molar-refractivity contribution in [3.63, 3.8) is 0 Å². The number of methoxy groups -OCH3 is 1. The number of hydroxylamine groups is 1. The lowest BCUT2D eigenvalue weighted by molar-refractivity contribution is -0.121. The van der Waals surface area contributed by atoms with Gasteiger partial charge in [-0.2, -0.15) is 0 Å². The van der Waals surface area contributed by atoms with Crippen LogP contribution >= 0.6 is 0 Å². The Morgan fingerprint density at radius 3 is 2.75 bits per heavy atom. The third-order valence-corrected chi connectivity index (χ3v) is 1.22. The summed E-state index contributed by atoms with van der Waals surface area (Å²) in [6, 6.07) is 0. The van der Waals surface area contributed by atoms with E-state index in [1.54, 1.807) is 14.2 Å². The van der Waals surface area contributed by atoms with Crippen LogP contribution in [-0.4, -0.2) is 39.8 Å². The number of carbonyl (C=O) groups is 1. The molecule has 0 heterocycles. The maximum atomic E-state index is 10.7. The molecule has 0 fully saturated rings. The fourth-order valence-electron chi connectivity index (χ4n) is 0.559. The van der Waals surface area contributed by atoms with Crippen LogP contribution in [0, 0.1) is 0 Å². The summed E-state index contributed by atoms with van der Waals surface area (Å²) in [4.78, 5) is 15.6. The van der Waals surface area contributed by atoms with E-state index in [4.69, 9.17) is 9.57 Å². The highest BCUT2D eigenvalue weighted by Crippen LogP contribution is 1.76. The van der Waals surface area contributed by atoms with Gasteiger partial charge in [0.15, 0.2) is 0 Å². The second kappa shape index (κ2) is 8.45. The molecule has 0 radical (unpaired) electrons. The van der Waals surface area contributed by atoms with Crippen LogP contribution in [0.5, 0.6) is 0 Å². The Balaban J connectivity index is 2.95. The van der Waals surface area contributed by atoms with Crippen LogP contribution < -0.4 is 10.8 Å². The molecule has 0 aromatic heterocycles. The summed E-state index contributed by atoms with van der Waals surface area (Å²) >= 11 is 0. The summed E-state index contributed by atoms with van der Waals surface area (Å²) in [6.45, 7) is 1.56. The Morgan fingerprint density at radius 1 is 1.42 bits per heavy atom. The second-order valence-electron chi connectivity index (χ2n) is 2.16. The molecule has 0 aromatic carbocycles.